The van der Waals surface area contributed by atoms with E-state index in [0.717, 1.165) is 6.42 Å². The average Bonchev–Trinajstić information content (AvgIpc) is 1.82. The lowest BCUT2D eigenvalue weighted by atomic mass is 9.60. The molecule has 0 saturated heterocycles. The normalized spacial score (nSPS) is 36.0. The van der Waals surface area contributed by atoms with Gasteiger partial charge in [0.05, 0.1) is 5.41 Å². The Morgan fingerprint density at radius 3 is 2.18 bits per heavy atom. The summed E-state index contributed by atoms with van der Waals surface area (Å²) < 4.78 is 0. The Morgan fingerprint density at radius 1 is 1.55 bits per heavy atom. The highest BCUT2D eigenvalue weighted by atomic mass is 16.4. The second kappa shape index (κ2) is 2.32. The van der Waals surface area contributed by atoms with Gasteiger partial charge in [0, 0.05) is 5.92 Å². The highest BCUT2D eigenvalue weighted by Crippen LogP contribution is 2.46. The lowest BCUT2D eigenvalue weighted by molar-refractivity contribution is -0.163. The van der Waals surface area contributed by atoms with E-state index in [1.165, 1.54) is 6.92 Å². The molecular weight excluding hydrogens is 144 g/mol. The minimum absolute atomic E-state index is 0.00106. The number of hydrogen-bond acceptors (Lipinski definition) is 2. The smallest absolute Gasteiger partial charge is 0.310 e. The molecule has 0 unspecified atom stereocenters. The van der Waals surface area contributed by atoms with Crippen LogP contribution >= 0.6 is 0 Å². The summed E-state index contributed by atoms with van der Waals surface area (Å²) in [4.78, 5) is 21.5. The zero-order valence-corrected chi connectivity index (χ0v) is 6.76. The predicted molar refractivity (Wildman–Crippen MR) is 39.1 cm³/mol. The number of carbonyl (C=O) groups excluding carboxylic acids is 1. The van der Waals surface area contributed by atoms with Crippen molar-refractivity contribution in [2.45, 2.75) is 26.7 Å². The number of rotatable bonds is 2. The van der Waals surface area contributed by atoms with E-state index in [4.69, 9.17) is 5.11 Å². The maximum absolute atomic E-state index is 10.9. The number of carboxylic acid groups (broad SMARTS) is 1. The Kier molecular flexibility index (Phi) is 1.74. The highest BCUT2D eigenvalue weighted by molar-refractivity contribution is 5.88. The van der Waals surface area contributed by atoms with E-state index in [-0.39, 0.29) is 11.7 Å². The van der Waals surface area contributed by atoms with Crippen molar-refractivity contribution in [1.29, 1.82) is 0 Å². The largest absolute Gasteiger partial charge is 0.481 e. The molecule has 0 aliphatic heterocycles. The molecule has 0 spiro atoms. The summed E-state index contributed by atoms with van der Waals surface area (Å²) in [5, 5.41) is 8.76. The SMILES string of the molecule is CC(=O)[C@H]1CC[C@@]1(C)C(=O)O. The molecule has 0 amide bonds. The topological polar surface area (TPSA) is 54.4 Å². The van der Waals surface area contributed by atoms with Crippen molar-refractivity contribution in [3.63, 3.8) is 0 Å². The molecule has 0 radical (unpaired) electrons. The summed E-state index contributed by atoms with van der Waals surface area (Å²) in [5.41, 5.74) is -0.772. The molecule has 1 aliphatic carbocycles. The lowest BCUT2D eigenvalue weighted by Gasteiger charge is -2.41. The number of carbonyl (C=O) groups is 2. The van der Waals surface area contributed by atoms with E-state index in [2.05, 4.69) is 0 Å². The first-order valence-corrected chi connectivity index (χ1v) is 3.72. The molecule has 1 fully saturated rings. The van der Waals surface area contributed by atoms with E-state index in [1.54, 1.807) is 6.92 Å². The fourth-order valence-electron chi connectivity index (χ4n) is 1.63. The van der Waals surface area contributed by atoms with Gasteiger partial charge in [0.1, 0.15) is 5.78 Å². The van der Waals surface area contributed by atoms with Crippen LogP contribution in [0, 0.1) is 11.3 Å². The van der Waals surface area contributed by atoms with Gasteiger partial charge in [-0.05, 0) is 26.7 Å². The molecular formula is C8H12O3. The highest BCUT2D eigenvalue weighted by Gasteiger charge is 2.51. The third-order valence-electron chi connectivity index (χ3n) is 2.70. The van der Waals surface area contributed by atoms with Gasteiger partial charge < -0.3 is 5.11 Å². The maximum atomic E-state index is 10.9. The molecule has 11 heavy (non-hydrogen) atoms. The molecule has 1 saturated carbocycles. The molecule has 0 bridgehead atoms. The Balaban J connectivity index is 2.75. The number of Topliss-reactive ketones (excluding diaryl/α,β-unsaturated/α-hetero) is 1. The van der Waals surface area contributed by atoms with Crippen molar-refractivity contribution >= 4 is 11.8 Å². The van der Waals surface area contributed by atoms with Gasteiger partial charge in [-0.2, -0.15) is 0 Å². The van der Waals surface area contributed by atoms with Crippen molar-refractivity contribution in [2.75, 3.05) is 0 Å². The molecule has 0 aromatic carbocycles. The van der Waals surface area contributed by atoms with E-state index >= 15 is 0 Å². The van der Waals surface area contributed by atoms with Crippen molar-refractivity contribution in [3.05, 3.63) is 0 Å². The van der Waals surface area contributed by atoms with Gasteiger partial charge in [-0.1, -0.05) is 0 Å². The summed E-state index contributed by atoms with van der Waals surface area (Å²) in [5.74, 6) is -1.09. The van der Waals surface area contributed by atoms with Gasteiger partial charge in [-0.3, -0.25) is 9.59 Å². The quantitative estimate of drug-likeness (QED) is 0.650. The number of aliphatic carboxylic acids is 1. The fourth-order valence-corrected chi connectivity index (χ4v) is 1.63. The molecule has 0 heterocycles. The van der Waals surface area contributed by atoms with Crippen LogP contribution in [-0.2, 0) is 9.59 Å². The summed E-state index contributed by atoms with van der Waals surface area (Å²) in [6.45, 7) is 3.11. The van der Waals surface area contributed by atoms with Crippen LogP contribution in [0.4, 0.5) is 0 Å². The summed E-state index contributed by atoms with van der Waals surface area (Å²) in [7, 11) is 0. The molecule has 62 valence electrons. The van der Waals surface area contributed by atoms with Crippen LogP contribution in [0.1, 0.15) is 26.7 Å². The fraction of sp³-hybridized carbons (Fsp3) is 0.750. The molecule has 0 aromatic heterocycles. The van der Waals surface area contributed by atoms with Crippen molar-refractivity contribution in [1.82, 2.24) is 0 Å². The Labute approximate surface area is 65.4 Å². The molecule has 3 heteroatoms. The van der Waals surface area contributed by atoms with E-state index in [1.807, 2.05) is 0 Å². The van der Waals surface area contributed by atoms with E-state index < -0.39 is 11.4 Å². The van der Waals surface area contributed by atoms with Gasteiger partial charge in [-0.15, -0.1) is 0 Å². The first kappa shape index (κ1) is 8.24. The molecule has 2 atom stereocenters. The van der Waals surface area contributed by atoms with E-state index in [0.29, 0.717) is 6.42 Å². The monoisotopic (exact) mass is 156 g/mol. The second-order valence-electron chi connectivity index (χ2n) is 3.42. The predicted octanol–water partition coefficient (Wildman–Crippen LogP) is 1.08. The van der Waals surface area contributed by atoms with Crippen LogP contribution in [0.2, 0.25) is 0 Å². The maximum Gasteiger partial charge on any atom is 0.310 e. The summed E-state index contributed by atoms with van der Waals surface area (Å²) >= 11 is 0. The summed E-state index contributed by atoms with van der Waals surface area (Å²) in [6.07, 6.45) is 1.37. The van der Waals surface area contributed by atoms with Crippen molar-refractivity contribution in [3.8, 4) is 0 Å². The van der Waals surface area contributed by atoms with Crippen LogP contribution in [0.15, 0.2) is 0 Å². The average molecular weight is 156 g/mol. The molecule has 1 rings (SSSR count). The van der Waals surface area contributed by atoms with Gasteiger partial charge in [-0.25, -0.2) is 0 Å². The molecule has 3 nitrogen and oxygen atoms in total. The summed E-state index contributed by atoms with van der Waals surface area (Å²) in [6, 6.07) is 0. The number of carboxylic acids is 1. The first-order valence-electron chi connectivity index (χ1n) is 3.72. The minimum atomic E-state index is -0.844. The Hall–Kier alpha value is -0.860. The third kappa shape index (κ3) is 1.04. The van der Waals surface area contributed by atoms with Crippen LogP contribution in [0.3, 0.4) is 0 Å². The minimum Gasteiger partial charge on any atom is -0.481 e. The zero-order chi connectivity index (χ0) is 8.65. The zero-order valence-electron chi connectivity index (χ0n) is 6.76. The molecule has 1 aliphatic rings. The van der Waals surface area contributed by atoms with Gasteiger partial charge >= 0.3 is 5.97 Å². The standard InChI is InChI=1S/C8H12O3/c1-5(9)6-3-4-8(6,2)7(10)11/h6H,3-4H2,1-2H3,(H,10,11)/t6-,8-/m1/s1. The van der Waals surface area contributed by atoms with Crippen molar-refractivity contribution < 1.29 is 14.7 Å². The van der Waals surface area contributed by atoms with Gasteiger partial charge in [0.15, 0.2) is 0 Å². The van der Waals surface area contributed by atoms with Crippen LogP contribution < -0.4 is 0 Å². The lowest BCUT2D eigenvalue weighted by Crippen LogP contribution is -2.47. The van der Waals surface area contributed by atoms with E-state index in [9.17, 15) is 9.59 Å². The number of hydrogen-bond donors (Lipinski definition) is 1. The van der Waals surface area contributed by atoms with Gasteiger partial charge in [0.25, 0.3) is 0 Å². The van der Waals surface area contributed by atoms with Crippen LogP contribution in [-0.4, -0.2) is 16.9 Å². The molecule has 0 aromatic rings. The number of ketones is 1. The third-order valence-corrected chi connectivity index (χ3v) is 2.70. The first-order chi connectivity index (χ1) is 4.98. The van der Waals surface area contributed by atoms with Crippen molar-refractivity contribution in [2.24, 2.45) is 11.3 Å². The Morgan fingerprint density at radius 2 is 2.09 bits per heavy atom. The van der Waals surface area contributed by atoms with Crippen LogP contribution in [0.5, 0.6) is 0 Å². The Bertz CT molecular complexity index is 209. The molecule has 1 N–H and O–H groups in total. The second-order valence-corrected chi connectivity index (χ2v) is 3.42. The van der Waals surface area contributed by atoms with Gasteiger partial charge in [0.2, 0.25) is 0 Å². The van der Waals surface area contributed by atoms with Crippen LogP contribution in [0.25, 0.3) is 0 Å².